The maximum Gasteiger partial charge on any atom is 0.273 e. The minimum absolute atomic E-state index is 0.103. The predicted octanol–water partition coefficient (Wildman–Crippen LogP) is 1.67. The second-order valence-electron chi connectivity index (χ2n) is 4.86. The van der Waals surface area contributed by atoms with E-state index in [-0.39, 0.29) is 23.8 Å². The lowest BCUT2D eigenvalue weighted by Crippen LogP contribution is -2.36. The SMILES string of the molecule is COc1cc([N+](=O)[O-])ccc1NC(=O)CC(C)(C)N. The number of methoxy groups -OCH3 is 1. The van der Waals surface area contributed by atoms with Gasteiger partial charge >= 0.3 is 0 Å². The smallest absolute Gasteiger partial charge is 0.273 e. The summed E-state index contributed by atoms with van der Waals surface area (Å²) in [7, 11) is 1.38. The van der Waals surface area contributed by atoms with Crippen LogP contribution in [0.2, 0.25) is 0 Å². The molecule has 104 valence electrons. The van der Waals surface area contributed by atoms with Gasteiger partial charge in [-0.1, -0.05) is 0 Å². The van der Waals surface area contributed by atoms with Gasteiger partial charge in [-0.2, -0.15) is 0 Å². The van der Waals surface area contributed by atoms with Gasteiger partial charge in [0, 0.05) is 18.0 Å². The Morgan fingerprint density at radius 1 is 1.53 bits per heavy atom. The molecule has 1 aromatic rings. The molecule has 1 rings (SSSR count). The summed E-state index contributed by atoms with van der Waals surface area (Å²) in [5.41, 5.74) is 5.39. The van der Waals surface area contributed by atoms with E-state index in [9.17, 15) is 14.9 Å². The normalized spacial score (nSPS) is 10.9. The molecule has 0 radical (unpaired) electrons. The molecular weight excluding hydrogens is 250 g/mol. The molecule has 3 N–H and O–H groups in total. The average molecular weight is 267 g/mol. The summed E-state index contributed by atoms with van der Waals surface area (Å²) >= 11 is 0. The molecule has 1 aromatic carbocycles. The first-order chi connectivity index (χ1) is 8.73. The molecule has 0 aliphatic rings. The Bertz CT molecular complexity index is 494. The van der Waals surface area contributed by atoms with E-state index in [2.05, 4.69) is 5.32 Å². The van der Waals surface area contributed by atoms with Crippen LogP contribution in [0.4, 0.5) is 11.4 Å². The Morgan fingerprint density at radius 2 is 2.16 bits per heavy atom. The number of benzene rings is 1. The standard InChI is InChI=1S/C12H17N3O4/c1-12(2,13)7-11(16)14-9-5-4-8(15(17)18)6-10(9)19-3/h4-6H,7,13H2,1-3H3,(H,14,16). The van der Waals surface area contributed by atoms with E-state index in [4.69, 9.17) is 10.5 Å². The number of nitro groups is 1. The maximum atomic E-state index is 11.7. The molecular formula is C12H17N3O4. The van der Waals surface area contributed by atoms with Crippen molar-refractivity contribution < 1.29 is 14.5 Å². The molecule has 0 fully saturated rings. The van der Waals surface area contributed by atoms with Gasteiger partial charge in [0.1, 0.15) is 5.75 Å². The first kappa shape index (κ1) is 14.9. The van der Waals surface area contributed by atoms with Crippen molar-refractivity contribution >= 4 is 17.3 Å². The molecule has 7 nitrogen and oxygen atoms in total. The Labute approximate surface area is 110 Å². The van der Waals surface area contributed by atoms with Crippen LogP contribution in [-0.2, 0) is 4.79 Å². The van der Waals surface area contributed by atoms with Crippen molar-refractivity contribution in [3.05, 3.63) is 28.3 Å². The first-order valence-electron chi connectivity index (χ1n) is 5.64. The molecule has 0 unspecified atom stereocenters. The van der Waals surface area contributed by atoms with E-state index in [1.165, 1.54) is 25.3 Å². The predicted molar refractivity (Wildman–Crippen MR) is 71.2 cm³/mol. The first-order valence-corrected chi connectivity index (χ1v) is 5.64. The number of carbonyl (C=O) groups is 1. The van der Waals surface area contributed by atoms with Gasteiger partial charge in [-0.15, -0.1) is 0 Å². The molecule has 7 heteroatoms. The zero-order valence-corrected chi connectivity index (χ0v) is 11.1. The van der Waals surface area contributed by atoms with Crippen molar-refractivity contribution in [3.8, 4) is 5.75 Å². The highest BCUT2D eigenvalue weighted by Crippen LogP contribution is 2.29. The Balaban J connectivity index is 2.89. The highest BCUT2D eigenvalue weighted by molar-refractivity contribution is 5.93. The largest absolute Gasteiger partial charge is 0.494 e. The van der Waals surface area contributed by atoms with Crippen LogP contribution in [0.1, 0.15) is 20.3 Å². The fourth-order valence-electron chi connectivity index (χ4n) is 1.50. The van der Waals surface area contributed by atoms with Gasteiger partial charge < -0.3 is 15.8 Å². The number of ether oxygens (including phenoxy) is 1. The van der Waals surface area contributed by atoms with Crippen molar-refractivity contribution in [1.82, 2.24) is 0 Å². The molecule has 1 amide bonds. The van der Waals surface area contributed by atoms with Crippen molar-refractivity contribution in [3.63, 3.8) is 0 Å². The van der Waals surface area contributed by atoms with E-state index in [0.717, 1.165) is 0 Å². The number of amides is 1. The van der Waals surface area contributed by atoms with E-state index in [0.29, 0.717) is 5.69 Å². The van der Waals surface area contributed by atoms with Crippen LogP contribution >= 0.6 is 0 Å². The van der Waals surface area contributed by atoms with Crippen LogP contribution in [0.5, 0.6) is 5.75 Å². The van der Waals surface area contributed by atoms with Crippen LogP contribution < -0.4 is 15.8 Å². The number of hydrogen-bond acceptors (Lipinski definition) is 5. The fourth-order valence-corrected chi connectivity index (χ4v) is 1.50. The van der Waals surface area contributed by atoms with Gasteiger partial charge in [-0.05, 0) is 19.9 Å². The van der Waals surface area contributed by atoms with E-state index < -0.39 is 10.5 Å². The summed E-state index contributed by atoms with van der Waals surface area (Å²) in [6, 6.07) is 3.98. The maximum absolute atomic E-state index is 11.7. The minimum atomic E-state index is -0.627. The number of non-ortho nitro benzene ring substituents is 1. The summed E-state index contributed by atoms with van der Waals surface area (Å²) < 4.78 is 5.02. The zero-order valence-electron chi connectivity index (χ0n) is 11.1. The number of carbonyl (C=O) groups excluding carboxylic acids is 1. The van der Waals surface area contributed by atoms with Gasteiger partial charge in [0.05, 0.1) is 23.8 Å². The molecule has 0 heterocycles. The third-order valence-electron chi connectivity index (χ3n) is 2.29. The summed E-state index contributed by atoms with van der Waals surface area (Å²) in [6.07, 6.45) is 0.132. The van der Waals surface area contributed by atoms with Crippen molar-refractivity contribution in [2.45, 2.75) is 25.8 Å². The number of nitrogens with one attached hydrogen (secondary N) is 1. The molecule has 0 aliphatic carbocycles. The van der Waals surface area contributed by atoms with E-state index in [1.54, 1.807) is 13.8 Å². The molecule has 19 heavy (non-hydrogen) atoms. The lowest BCUT2D eigenvalue weighted by Gasteiger charge is -2.18. The molecule has 0 saturated heterocycles. The Morgan fingerprint density at radius 3 is 2.63 bits per heavy atom. The minimum Gasteiger partial charge on any atom is -0.494 e. The van der Waals surface area contributed by atoms with Gasteiger partial charge in [-0.3, -0.25) is 14.9 Å². The van der Waals surface area contributed by atoms with Crippen molar-refractivity contribution in [2.24, 2.45) is 5.73 Å². The molecule has 0 aromatic heterocycles. The highest BCUT2D eigenvalue weighted by Gasteiger charge is 2.18. The second kappa shape index (κ2) is 5.66. The van der Waals surface area contributed by atoms with Crippen LogP contribution in [0.3, 0.4) is 0 Å². The monoisotopic (exact) mass is 267 g/mol. The van der Waals surface area contributed by atoms with Crippen molar-refractivity contribution in [1.29, 1.82) is 0 Å². The third-order valence-corrected chi connectivity index (χ3v) is 2.29. The summed E-state index contributed by atoms with van der Waals surface area (Å²) in [5, 5.41) is 13.3. The van der Waals surface area contributed by atoms with Gasteiger partial charge in [-0.25, -0.2) is 0 Å². The molecule has 0 bridgehead atoms. The number of nitro benzene ring substituents is 1. The summed E-state index contributed by atoms with van der Waals surface area (Å²) in [6.45, 7) is 3.47. The van der Waals surface area contributed by atoms with Crippen LogP contribution in [0.25, 0.3) is 0 Å². The van der Waals surface area contributed by atoms with Crippen LogP contribution in [0.15, 0.2) is 18.2 Å². The highest BCUT2D eigenvalue weighted by atomic mass is 16.6. The summed E-state index contributed by atoms with van der Waals surface area (Å²) in [4.78, 5) is 21.8. The number of rotatable bonds is 5. The summed E-state index contributed by atoms with van der Waals surface area (Å²) in [5.74, 6) is -0.0444. The lowest BCUT2D eigenvalue weighted by molar-refractivity contribution is -0.384. The third kappa shape index (κ3) is 4.55. The molecule has 0 spiro atoms. The lowest BCUT2D eigenvalue weighted by atomic mass is 10.0. The average Bonchev–Trinajstić information content (AvgIpc) is 2.26. The van der Waals surface area contributed by atoms with Crippen LogP contribution in [-0.4, -0.2) is 23.5 Å². The zero-order chi connectivity index (χ0) is 14.6. The van der Waals surface area contributed by atoms with Crippen molar-refractivity contribution in [2.75, 3.05) is 12.4 Å². The van der Waals surface area contributed by atoms with E-state index >= 15 is 0 Å². The quantitative estimate of drug-likeness (QED) is 0.623. The number of anilines is 1. The molecule has 0 atom stereocenters. The van der Waals surface area contributed by atoms with Gasteiger partial charge in [0.25, 0.3) is 5.69 Å². The number of hydrogen-bond donors (Lipinski definition) is 2. The topological polar surface area (TPSA) is 107 Å². The van der Waals surface area contributed by atoms with Gasteiger partial charge in [0.15, 0.2) is 0 Å². The number of nitrogens with zero attached hydrogens (tertiary/aromatic N) is 1. The fraction of sp³-hybridized carbons (Fsp3) is 0.417. The Kier molecular flexibility index (Phi) is 4.44. The second-order valence-corrected chi connectivity index (χ2v) is 4.86. The molecule has 0 saturated carbocycles. The Hall–Kier alpha value is -2.15. The van der Waals surface area contributed by atoms with Crippen LogP contribution in [0, 0.1) is 10.1 Å². The molecule has 0 aliphatic heterocycles. The van der Waals surface area contributed by atoms with Gasteiger partial charge in [0.2, 0.25) is 5.91 Å². The van der Waals surface area contributed by atoms with E-state index in [1.807, 2.05) is 0 Å². The number of nitrogens with two attached hydrogens (primary N) is 1.